The van der Waals surface area contributed by atoms with E-state index in [1.165, 1.54) is 46.7 Å². The van der Waals surface area contributed by atoms with E-state index in [1.807, 2.05) is 35.2 Å². The summed E-state index contributed by atoms with van der Waals surface area (Å²) in [5.74, 6) is 0.147. The molecule has 1 aromatic heterocycles. The molecule has 0 radical (unpaired) electrons. The van der Waals surface area contributed by atoms with E-state index in [0.29, 0.717) is 6.04 Å². The fourth-order valence-electron chi connectivity index (χ4n) is 4.15. The fraction of sp³-hybridized carbons (Fsp3) is 0.450. The average molecular weight is 342 g/mol. The van der Waals surface area contributed by atoms with E-state index in [9.17, 15) is 4.79 Å². The van der Waals surface area contributed by atoms with Crippen LogP contribution in [0.2, 0.25) is 0 Å². The number of aryl methyl sites for hydroxylation is 1. The van der Waals surface area contributed by atoms with Crippen LogP contribution in [-0.4, -0.2) is 18.6 Å². The number of fused-ring (bicyclic) bond motifs is 1. The summed E-state index contributed by atoms with van der Waals surface area (Å²) < 4.78 is 0. The Labute approximate surface area is 147 Å². The SMILES string of the molecule is Cc1sc2c(c1C)C[NH+](C1CCCC1)CN2C(=O)c1ccccc1. The van der Waals surface area contributed by atoms with Crippen LogP contribution in [0.25, 0.3) is 0 Å². The van der Waals surface area contributed by atoms with Crippen molar-refractivity contribution >= 4 is 22.2 Å². The molecule has 2 aliphatic rings. The fourth-order valence-corrected chi connectivity index (χ4v) is 5.32. The van der Waals surface area contributed by atoms with Crippen LogP contribution in [-0.2, 0) is 6.54 Å². The van der Waals surface area contributed by atoms with Crippen LogP contribution in [0.15, 0.2) is 30.3 Å². The van der Waals surface area contributed by atoms with E-state index in [-0.39, 0.29) is 5.91 Å². The molecule has 1 unspecified atom stereocenters. The van der Waals surface area contributed by atoms with Gasteiger partial charge in [-0.3, -0.25) is 9.69 Å². The Bertz CT molecular complexity index is 746. The first-order chi connectivity index (χ1) is 11.6. The molecule has 1 saturated carbocycles. The van der Waals surface area contributed by atoms with Crippen molar-refractivity contribution < 1.29 is 9.69 Å². The molecule has 1 fully saturated rings. The van der Waals surface area contributed by atoms with Gasteiger partial charge in [-0.1, -0.05) is 18.2 Å². The van der Waals surface area contributed by atoms with Crippen LogP contribution >= 0.6 is 11.3 Å². The summed E-state index contributed by atoms with van der Waals surface area (Å²) in [5.41, 5.74) is 3.57. The normalized spacial score (nSPS) is 21.1. The molecular weight excluding hydrogens is 316 g/mol. The second-order valence-electron chi connectivity index (χ2n) is 7.14. The molecule has 0 saturated heterocycles. The van der Waals surface area contributed by atoms with Crippen molar-refractivity contribution in [2.24, 2.45) is 0 Å². The number of carbonyl (C=O) groups excluding carboxylic acids is 1. The van der Waals surface area contributed by atoms with Crippen molar-refractivity contribution in [3.05, 3.63) is 51.9 Å². The number of hydrogen-bond donors (Lipinski definition) is 1. The van der Waals surface area contributed by atoms with Crippen molar-refractivity contribution in [2.75, 3.05) is 11.6 Å². The highest BCUT2D eigenvalue weighted by atomic mass is 32.1. The van der Waals surface area contributed by atoms with Gasteiger partial charge in [-0.2, -0.15) is 0 Å². The van der Waals surface area contributed by atoms with Crippen LogP contribution in [0.3, 0.4) is 0 Å². The highest BCUT2D eigenvalue weighted by Gasteiger charge is 2.37. The first-order valence-electron chi connectivity index (χ1n) is 8.95. The summed E-state index contributed by atoms with van der Waals surface area (Å²) in [7, 11) is 0. The van der Waals surface area contributed by atoms with Crippen LogP contribution in [0.5, 0.6) is 0 Å². The lowest BCUT2D eigenvalue weighted by Crippen LogP contribution is -3.16. The minimum Gasteiger partial charge on any atom is -0.311 e. The number of carbonyl (C=O) groups is 1. The minimum atomic E-state index is 0.147. The summed E-state index contributed by atoms with van der Waals surface area (Å²) in [5, 5.41) is 1.18. The summed E-state index contributed by atoms with van der Waals surface area (Å²) in [4.78, 5) is 18.1. The van der Waals surface area contributed by atoms with Crippen LogP contribution in [0.4, 0.5) is 5.00 Å². The number of benzene rings is 1. The molecule has 126 valence electrons. The Balaban J connectivity index is 1.71. The van der Waals surface area contributed by atoms with E-state index in [2.05, 4.69) is 13.8 Å². The monoisotopic (exact) mass is 341 g/mol. The maximum absolute atomic E-state index is 13.2. The predicted molar refractivity (Wildman–Crippen MR) is 98.8 cm³/mol. The molecule has 4 rings (SSSR count). The molecule has 1 aliphatic carbocycles. The molecule has 1 N–H and O–H groups in total. The molecule has 0 bridgehead atoms. The van der Waals surface area contributed by atoms with Gasteiger partial charge in [0, 0.05) is 16.0 Å². The Hall–Kier alpha value is -1.65. The molecule has 24 heavy (non-hydrogen) atoms. The topological polar surface area (TPSA) is 24.8 Å². The number of nitrogens with zero attached hydrogens (tertiary/aromatic N) is 1. The Morgan fingerprint density at radius 2 is 1.88 bits per heavy atom. The maximum atomic E-state index is 13.2. The van der Waals surface area contributed by atoms with Gasteiger partial charge in [0.2, 0.25) is 0 Å². The lowest BCUT2D eigenvalue weighted by molar-refractivity contribution is -0.938. The van der Waals surface area contributed by atoms with Crippen LogP contribution in [0.1, 0.15) is 52.0 Å². The van der Waals surface area contributed by atoms with Crippen LogP contribution < -0.4 is 9.80 Å². The number of hydrogen-bond acceptors (Lipinski definition) is 2. The van der Waals surface area contributed by atoms with E-state index in [4.69, 9.17) is 0 Å². The molecule has 4 heteroatoms. The quantitative estimate of drug-likeness (QED) is 0.890. The number of rotatable bonds is 2. The summed E-state index contributed by atoms with van der Waals surface area (Å²) >= 11 is 1.78. The molecule has 0 spiro atoms. The second kappa shape index (κ2) is 6.34. The van der Waals surface area contributed by atoms with Crippen LogP contribution in [0, 0.1) is 13.8 Å². The van der Waals surface area contributed by atoms with Gasteiger partial charge in [0.15, 0.2) is 6.67 Å². The average Bonchev–Trinajstić information content (AvgIpc) is 3.24. The van der Waals surface area contributed by atoms with Gasteiger partial charge in [0.25, 0.3) is 5.91 Å². The number of thiophene rings is 1. The molecule has 1 atom stereocenters. The molecule has 1 aliphatic heterocycles. The standard InChI is InChI=1S/C20H24N2OS/c1-14-15(2)24-20-18(14)12-21(17-10-6-7-11-17)13-22(20)19(23)16-8-4-3-5-9-16/h3-5,8-9,17H,6-7,10-13H2,1-2H3/p+1. The summed E-state index contributed by atoms with van der Waals surface area (Å²) in [6.07, 6.45) is 5.30. The smallest absolute Gasteiger partial charge is 0.263 e. The Morgan fingerprint density at radius 1 is 1.17 bits per heavy atom. The number of anilines is 1. The van der Waals surface area contributed by atoms with Gasteiger partial charge in [-0.25, -0.2) is 0 Å². The third kappa shape index (κ3) is 2.68. The predicted octanol–water partition coefficient (Wildman–Crippen LogP) is 3.31. The maximum Gasteiger partial charge on any atom is 0.263 e. The number of amides is 1. The van der Waals surface area contributed by atoms with Crippen molar-refractivity contribution in [1.82, 2.24) is 0 Å². The van der Waals surface area contributed by atoms with Gasteiger partial charge < -0.3 is 4.90 Å². The number of nitrogens with one attached hydrogen (secondary N) is 1. The molecule has 3 nitrogen and oxygen atoms in total. The first kappa shape index (κ1) is 15.9. The Morgan fingerprint density at radius 3 is 2.58 bits per heavy atom. The number of quaternary nitrogens is 1. The van der Waals surface area contributed by atoms with E-state index < -0.39 is 0 Å². The Kier molecular flexibility index (Phi) is 4.19. The highest BCUT2D eigenvalue weighted by molar-refractivity contribution is 7.16. The lowest BCUT2D eigenvalue weighted by Gasteiger charge is -2.36. The summed E-state index contributed by atoms with van der Waals surface area (Å²) in [6, 6.07) is 10.4. The molecule has 1 amide bonds. The summed E-state index contributed by atoms with van der Waals surface area (Å²) in [6.45, 7) is 6.28. The largest absolute Gasteiger partial charge is 0.311 e. The van der Waals surface area contributed by atoms with Gasteiger partial charge in [0.1, 0.15) is 11.5 Å². The van der Waals surface area contributed by atoms with Gasteiger partial charge in [0.05, 0.1) is 6.04 Å². The van der Waals surface area contributed by atoms with E-state index in [0.717, 1.165) is 18.8 Å². The minimum absolute atomic E-state index is 0.147. The zero-order chi connectivity index (χ0) is 16.7. The molecular formula is C20H25N2OS+. The molecule has 2 aromatic rings. The van der Waals surface area contributed by atoms with Gasteiger partial charge >= 0.3 is 0 Å². The third-order valence-corrected chi connectivity index (χ3v) is 6.97. The van der Waals surface area contributed by atoms with Crippen molar-refractivity contribution in [1.29, 1.82) is 0 Å². The molecule has 2 heterocycles. The zero-order valence-electron chi connectivity index (χ0n) is 14.5. The zero-order valence-corrected chi connectivity index (χ0v) is 15.3. The van der Waals surface area contributed by atoms with Crippen molar-refractivity contribution in [3.8, 4) is 0 Å². The van der Waals surface area contributed by atoms with Crippen molar-refractivity contribution in [2.45, 2.75) is 52.1 Å². The van der Waals surface area contributed by atoms with Gasteiger partial charge in [-0.05, 0) is 57.2 Å². The third-order valence-electron chi connectivity index (χ3n) is 5.70. The van der Waals surface area contributed by atoms with E-state index >= 15 is 0 Å². The lowest BCUT2D eigenvalue weighted by atomic mass is 10.1. The van der Waals surface area contributed by atoms with Gasteiger partial charge in [-0.15, -0.1) is 11.3 Å². The highest BCUT2D eigenvalue weighted by Crippen LogP contribution is 2.37. The first-order valence-corrected chi connectivity index (χ1v) is 9.77. The second-order valence-corrected chi connectivity index (χ2v) is 8.34. The van der Waals surface area contributed by atoms with E-state index in [1.54, 1.807) is 16.2 Å². The molecule has 1 aromatic carbocycles. The van der Waals surface area contributed by atoms with Crippen molar-refractivity contribution in [3.63, 3.8) is 0 Å².